The second-order valence-electron chi connectivity index (χ2n) is 14.3. The van der Waals surface area contributed by atoms with Crippen molar-refractivity contribution in [1.82, 2.24) is 34.1 Å². The fourth-order valence-corrected chi connectivity index (χ4v) is 10.5. The molecule has 0 aliphatic rings. The summed E-state index contributed by atoms with van der Waals surface area (Å²) in [5.74, 6) is 1.67. The van der Waals surface area contributed by atoms with E-state index >= 15 is 8.42 Å². The van der Waals surface area contributed by atoms with Crippen LogP contribution in [-0.2, 0) is 39.7 Å². The van der Waals surface area contributed by atoms with Crippen LogP contribution in [0.4, 0.5) is 4.79 Å². The minimum Gasteiger partial charge on any atom is -0.497 e. The molecule has 0 fully saturated rings. The zero-order valence-electron chi connectivity index (χ0n) is 33.1. The highest BCUT2D eigenvalue weighted by atomic mass is 127. The molecule has 19 heteroatoms. The van der Waals surface area contributed by atoms with Gasteiger partial charge in [0.1, 0.15) is 27.0 Å². The summed E-state index contributed by atoms with van der Waals surface area (Å²) in [4.78, 5) is 13.4. The maximum atomic E-state index is 15.4. The number of nitrogens with one attached hydrogen (secondary N) is 1. The Bertz CT molecular complexity index is 2370. The van der Waals surface area contributed by atoms with Crippen LogP contribution in [0.5, 0.6) is 17.2 Å². The predicted molar refractivity (Wildman–Crippen MR) is 225 cm³/mol. The van der Waals surface area contributed by atoms with E-state index in [4.69, 9.17) is 14.2 Å². The Morgan fingerprint density at radius 1 is 0.810 bits per heavy atom. The fraction of sp³-hybridized carbons (Fsp3) is 0.333. The Balaban J connectivity index is 1.68. The largest absolute Gasteiger partial charge is 0.497 e. The van der Waals surface area contributed by atoms with Gasteiger partial charge in [0.15, 0.2) is 0 Å². The van der Waals surface area contributed by atoms with Gasteiger partial charge in [-0.1, -0.05) is 36.4 Å². The molecular formula is C39H46IN7O9S2. The van der Waals surface area contributed by atoms with Crippen molar-refractivity contribution in [2.75, 3.05) is 27.9 Å². The molecule has 1 aromatic heterocycles. The van der Waals surface area contributed by atoms with Crippen LogP contribution in [0, 0.1) is 3.57 Å². The molecule has 0 saturated heterocycles. The minimum absolute atomic E-state index is 0.0755. The number of hydrogen-bond acceptors (Lipinski definition) is 11. The topological polar surface area (TPSA) is 195 Å². The van der Waals surface area contributed by atoms with Gasteiger partial charge in [0.25, 0.3) is 0 Å². The van der Waals surface area contributed by atoms with Crippen LogP contribution in [0.1, 0.15) is 44.4 Å². The van der Waals surface area contributed by atoms with E-state index in [0.717, 1.165) is 10.5 Å². The number of hydrogen-bond donors (Lipinski definition) is 2. The van der Waals surface area contributed by atoms with E-state index in [9.17, 15) is 18.3 Å². The van der Waals surface area contributed by atoms with Gasteiger partial charge in [-0.05, 0) is 121 Å². The lowest BCUT2D eigenvalue weighted by molar-refractivity contribution is 0.0960. The van der Waals surface area contributed by atoms with Gasteiger partial charge >= 0.3 is 6.09 Å². The number of tetrazole rings is 1. The molecule has 1 atom stereocenters. The lowest BCUT2D eigenvalue weighted by Gasteiger charge is -2.35. The van der Waals surface area contributed by atoms with Gasteiger partial charge < -0.3 is 24.2 Å². The summed E-state index contributed by atoms with van der Waals surface area (Å²) in [5, 5.41) is 22.9. The monoisotopic (exact) mass is 947 g/mol. The second-order valence-corrected chi connectivity index (χ2v) is 19.0. The molecule has 0 spiro atoms. The van der Waals surface area contributed by atoms with E-state index in [1.807, 2.05) is 34.7 Å². The molecule has 1 heterocycles. The summed E-state index contributed by atoms with van der Waals surface area (Å²) in [5.41, 5.74) is 1.07. The maximum absolute atomic E-state index is 15.4. The SMILES string of the molecule is COc1ccc(CN(Cc2ccc(OC)cc2)S(=O)(=O)c2c(S(=O)(=O)N[C@H](C)CN(C(=O)O)C(C)(C)C)ccc(I)c2-c2nnn(Cc3ccc(OC)cc3)n2)cc1. The normalized spacial score (nSPS) is 12.6. The van der Waals surface area contributed by atoms with E-state index < -0.39 is 47.5 Å². The first kappa shape index (κ1) is 44.3. The summed E-state index contributed by atoms with van der Waals surface area (Å²) < 4.78 is 79.9. The first-order valence-corrected chi connectivity index (χ1v) is 21.9. The Morgan fingerprint density at radius 2 is 1.29 bits per heavy atom. The molecule has 5 aromatic rings. The standard InChI is InChI=1S/C39H46IN7O9S2/c1-26(22-46(38(48)49)39(2,3)4)43-57(50,51)34-21-20-33(40)35(37-41-44-47(42-37)25-29-12-18-32(56-7)19-13-29)36(34)58(52,53)45(23-27-8-14-30(54-5)15-9-27)24-28-10-16-31(55-6)17-11-28/h8-21,26,43H,22-25H2,1-7H3,(H,48,49)/t26-/m1/s1. The second kappa shape index (κ2) is 18.4. The van der Waals surface area contributed by atoms with Crippen LogP contribution in [0.25, 0.3) is 11.4 Å². The van der Waals surface area contributed by atoms with Gasteiger partial charge in [-0.2, -0.15) is 9.10 Å². The van der Waals surface area contributed by atoms with E-state index in [1.54, 1.807) is 88.5 Å². The molecule has 16 nitrogen and oxygen atoms in total. The van der Waals surface area contributed by atoms with Crippen molar-refractivity contribution in [3.8, 4) is 28.6 Å². The molecule has 0 aliphatic heterocycles. The van der Waals surface area contributed by atoms with E-state index in [1.165, 1.54) is 42.4 Å². The van der Waals surface area contributed by atoms with Crippen molar-refractivity contribution in [3.05, 3.63) is 105 Å². The quantitative estimate of drug-likeness (QED) is 0.106. The molecule has 0 bridgehead atoms. The number of aromatic nitrogens is 4. The predicted octanol–water partition coefficient (Wildman–Crippen LogP) is 5.86. The Hall–Kier alpha value is -4.83. The van der Waals surface area contributed by atoms with Crippen LogP contribution in [-0.4, -0.2) is 96.9 Å². The number of carbonyl (C=O) groups is 1. The first-order valence-electron chi connectivity index (χ1n) is 17.9. The van der Waals surface area contributed by atoms with E-state index in [0.29, 0.717) is 31.9 Å². The van der Waals surface area contributed by atoms with Gasteiger partial charge in [0, 0.05) is 34.8 Å². The Kier molecular flexibility index (Phi) is 14.0. The Morgan fingerprint density at radius 3 is 1.74 bits per heavy atom. The Labute approximate surface area is 352 Å². The van der Waals surface area contributed by atoms with Gasteiger partial charge in [-0.3, -0.25) is 0 Å². The van der Waals surface area contributed by atoms with Crippen molar-refractivity contribution in [2.24, 2.45) is 0 Å². The fourth-order valence-electron chi connectivity index (χ4n) is 6.02. The number of benzene rings is 4. The molecule has 4 aromatic carbocycles. The molecule has 0 saturated carbocycles. The number of rotatable bonds is 17. The highest BCUT2D eigenvalue weighted by molar-refractivity contribution is 14.1. The smallest absolute Gasteiger partial charge is 0.407 e. The maximum Gasteiger partial charge on any atom is 0.407 e. The summed E-state index contributed by atoms with van der Waals surface area (Å²) in [7, 11) is -4.87. The molecular weight excluding hydrogens is 902 g/mol. The number of nitrogens with zero attached hydrogens (tertiary/aromatic N) is 6. The minimum atomic E-state index is -4.79. The molecule has 0 unspecified atom stereocenters. The number of amides is 1. The highest BCUT2D eigenvalue weighted by Gasteiger charge is 2.38. The van der Waals surface area contributed by atoms with Crippen LogP contribution in [0.3, 0.4) is 0 Å². The molecule has 58 heavy (non-hydrogen) atoms. The molecule has 2 N–H and O–H groups in total. The van der Waals surface area contributed by atoms with Crippen LogP contribution < -0.4 is 18.9 Å². The van der Waals surface area contributed by atoms with Crippen molar-refractivity contribution in [3.63, 3.8) is 0 Å². The first-order chi connectivity index (χ1) is 27.4. The third-order valence-electron chi connectivity index (χ3n) is 9.01. The average Bonchev–Trinajstić information content (AvgIpc) is 3.64. The van der Waals surface area contributed by atoms with Crippen molar-refractivity contribution in [2.45, 2.75) is 68.7 Å². The molecule has 5 rings (SSSR count). The zero-order chi connectivity index (χ0) is 42.4. The number of ether oxygens (including phenoxy) is 3. The summed E-state index contributed by atoms with van der Waals surface area (Å²) >= 11 is 1.93. The van der Waals surface area contributed by atoms with Crippen molar-refractivity contribution in [1.29, 1.82) is 0 Å². The number of halogens is 1. The highest BCUT2D eigenvalue weighted by Crippen LogP contribution is 2.38. The average molecular weight is 948 g/mol. The van der Waals surface area contributed by atoms with E-state index in [-0.39, 0.29) is 37.6 Å². The van der Waals surface area contributed by atoms with Gasteiger partial charge in [-0.15, -0.1) is 10.2 Å². The van der Waals surface area contributed by atoms with Crippen LogP contribution in [0.15, 0.2) is 94.7 Å². The van der Waals surface area contributed by atoms with E-state index in [2.05, 4.69) is 20.1 Å². The molecule has 0 aliphatic carbocycles. The summed E-state index contributed by atoms with van der Waals surface area (Å²) in [6.45, 7) is 6.19. The molecule has 1 amide bonds. The lowest BCUT2D eigenvalue weighted by atomic mass is 10.1. The summed E-state index contributed by atoms with van der Waals surface area (Å²) in [6.07, 6.45) is -1.24. The third kappa shape index (κ3) is 10.6. The van der Waals surface area contributed by atoms with Crippen LogP contribution in [0.2, 0.25) is 0 Å². The van der Waals surface area contributed by atoms with Crippen molar-refractivity contribution < 1.29 is 40.9 Å². The van der Waals surface area contributed by atoms with Crippen LogP contribution >= 0.6 is 22.6 Å². The number of carboxylic acid groups (broad SMARTS) is 1. The lowest BCUT2D eigenvalue weighted by Crippen LogP contribution is -2.51. The van der Waals surface area contributed by atoms with Gasteiger partial charge in [0.05, 0.1) is 33.4 Å². The number of methoxy groups -OCH3 is 3. The molecule has 310 valence electrons. The number of sulfonamides is 2. The van der Waals surface area contributed by atoms with Crippen molar-refractivity contribution >= 4 is 48.7 Å². The summed E-state index contributed by atoms with van der Waals surface area (Å²) in [6, 6.07) is 22.6. The van der Waals surface area contributed by atoms with Gasteiger partial charge in [0.2, 0.25) is 25.9 Å². The molecule has 0 radical (unpaired) electrons. The third-order valence-corrected chi connectivity index (χ3v) is 13.5. The zero-order valence-corrected chi connectivity index (χ0v) is 36.9. The van der Waals surface area contributed by atoms with Gasteiger partial charge in [-0.25, -0.2) is 26.4 Å².